The number of carbonyl (C=O) groups excluding carboxylic acids is 2. The van der Waals surface area contributed by atoms with Gasteiger partial charge in [-0.25, -0.2) is 4.79 Å². The average Bonchev–Trinajstić information content (AvgIpc) is 3.08. The number of aromatic nitrogens is 1. The van der Waals surface area contributed by atoms with Gasteiger partial charge in [-0.15, -0.1) is 0 Å². The fourth-order valence-electron chi connectivity index (χ4n) is 4.04. The van der Waals surface area contributed by atoms with E-state index in [9.17, 15) is 19.5 Å². The van der Waals surface area contributed by atoms with Crippen molar-refractivity contribution in [1.29, 1.82) is 0 Å². The largest absolute Gasteiger partial charge is 0.497 e. The van der Waals surface area contributed by atoms with Crippen molar-refractivity contribution in [3.63, 3.8) is 0 Å². The molecule has 31 heavy (non-hydrogen) atoms. The van der Waals surface area contributed by atoms with E-state index in [2.05, 4.69) is 0 Å². The van der Waals surface area contributed by atoms with Crippen LogP contribution in [0.5, 0.6) is 5.75 Å². The minimum atomic E-state index is -1.59. The molecule has 0 aliphatic heterocycles. The molecular formula is C24H20N2O5. The van der Waals surface area contributed by atoms with Crippen LogP contribution in [0.3, 0.4) is 0 Å². The summed E-state index contributed by atoms with van der Waals surface area (Å²) in [6.07, 6.45) is 0. The second-order valence-corrected chi connectivity index (χ2v) is 7.29. The van der Waals surface area contributed by atoms with Gasteiger partial charge in [0.2, 0.25) is 5.91 Å². The maximum Gasteiger partial charge on any atom is 0.377 e. The SMILES string of the molecule is COc1cc(C(=O)C(=O)O)c2c3c(C(N)=O)ccc(C)c3n(Cc3ccccc3)c2c1. The molecule has 0 aliphatic rings. The molecule has 0 spiro atoms. The number of nitrogens with zero attached hydrogens (tertiary/aromatic N) is 1. The number of aryl methyl sites for hydroxylation is 1. The van der Waals surface area contributed by atoms with E-state index in [1.54, 1.807) is 18.2 Å². The molecule has 4 rings (SSSR count). The summed E-state index contributed by atoms with van der Waals surface area (Å²) in [5, 5.41) is 10.3. The summed E-state index contributed by atoms with van der Waals surface area (Å²) in [5.41, 5.74) is 8.98. The lowest BCUT2D eigenvalue weighted by Gasteiger charge is -2.11. The fourth-order valence-corrected chi connectivity index (χ4v) is 4.04. The van der Waals surface area contributed by atoms with Gasteiger partial charge in [0.15, 0.2) is 0 Å². The Kier molecular flexibility index (Phi) is 4.94. The van der Waals surface area contributed by atoms with Crippen LogP contribution in [-0.4, -0.2) is 34.4 Å². The molecule has 3 aromatic carbocycles. The maximum absolute atomic E-state index is 12.6. The van der Waals surface area contributed by atoms with Gasteiger partial charge in [-0.05, 0) is 30.2 Å². The molecular weight excluding hydrogens is 396 g/mol. The van der Waals surface area contributed by atoms with Crippen molar-refractivity contribution in [3.05, 3.63) is 76.9 Å². The molecule has 0 saturated heterocycles. The Balaban J connectivity index is 2.23. The lowest BCUT2D eigenvalue weighted by atomic mass is 9.98. The van der Waals surface area contributed by atoms with Crippen molar-refractivity contribution in [2.45, 2.75) is 13.5 Å². The highest BCUT2D eigenvalue weighted by Crippen LogP contribution is 2.38. The van der Waals surface area contributed by atoms with Crippen molar-refractivity contribution in [3.8, 4) is 5.75 Å². The first-order chi connectivity index (χ1) is 14.8. The summed E-state index contributed by atoms with van der Waals surface area (Å²) < 4.78 is 7.31. The van der Waals surface area contributed by atoms with E-state index in [-0.39, 0.29) is 11.1 Å². The zero-order valence-electron chi connectivity index (χ0n) is 17.0. The van der Waals surface area contributed by atoms with E-state index in [0.29, 0.717) is 34.1 Å². The van der Waals surface area contributed by atoms with Gasteiger partial charge in [0, 0.05) is 34.5 Å². The average molecular weight is 416 g/mol. The third-order valence-electron chi connectivity index (χ3n) is 5.40. The Morgan fingerprint density at radius 2 is 1.71 bits per heavy atom. The number of aliphatic carboxylic acids is 1. The van der Waals surface area contributed by atoms with E-state index < -0.39 is 17.7 Å². The number of ether oxygens (including phenoxy) is 1. The van der Waals surface area contributed by atoms with E-state index >= 15 is 0 Å². The fraction of sp³-hybridized carbons (Fsp3) is 0.125. The van der Waals surface area contributed by atoms with Crippen LogP contribution in [-0.2, 0) is 11.3 Å². The summed E-state index contributed by atoms with van der Waals surface area (Å²) in [7, 11) is 1.44. The Labute approximate surface area is 177 Å². The Bertz CT molecular complexity index is 1370. The molecule has 1 heterocycles. The van der Waals surface area contributed by atoms with Crippen LogP contribution in [0.4, 0.5) is 0 Å². The molecule has 0 unspecified atom stereocenters. The highest BCUT2D eigenvalue weighted by atomic mass is 16.5. The number of fused-ring (bicyclic) bond motifs is 3. The molecule has 0 radical (unpaired) electrons. The molecule has 156 valence electrons. The van der Waals surface area contributed by atoms with E-state index in [1.165, 1.54) is 13.2 Å². The number of Topliss-reactive ketones (excluding diaryl/α,β-unsaturated/α-hetero) is 1. The van der Waals surface area contributed by atoms with Crippen LogP contribution in [0, 0.1) is 6.92 Å². The minimum absolute atomic E-state index is 0.0493. The standard InChI is InChI=1S/C24H20N2O5/c1-13-8-9-16(23(25)28)20-19-17(22(27)24(29)30)10-15(31-2)11-18(19)26(21(13)20)12-14-6-4-3-5-7-14/h3-11H,12H2,1-2H3,(H2,25,28)(H,29,30). The number of carbonyl (C=O) groups is 3. The lowest BCUT2D eigenvalue weighted by molar-refractivity contribution is -0.131. The first-order valence-corrected chi connectivity index (χ1v) is 9.58. The molecule has 0 bridgehead atoms. The Hall–Kier alpha value is -4.13. The molecule has 0 atom stereocenters. The van der Waals surface area contributed by atoms with Gasteiger partial charge >= 0.3 is 5.97 Å². The van der Waals surface area contributed by atoms with Gasteiger partial charge < -0.3 is 20.1 Å². The number of hydrogen-bond donors (Lipinski definition) is 2. The topological polar surface area (TPSA) is 112 Å². The summed E-state index contributed by atoms with van der Waals surface area (Å²) in [4.78, 5) is 36.5. The Morgan fingerprint density at radius 1 is 1.00 bits per heavy atom. The van der Waals surface area contributed by atoms with E-state index in [4.69, 9.17) is 10.5 Å². The second kappa shape index (κ2) is 7.60. The van der Waals surface area contributed by atoms with E-state index in [1.807, 2.05) is 41.8 Å². The number of amides is 1. The van der Waals surface area contributed by atoms with Gasteiger partial charge in [0.1, 0.15) is 5.75 Å². The normalized spacial score (nSPS) is 11.0. The van der Waals surface area contributed by atoms with Crippen LogP contribution < -0.4 is 10.5 Å². The van der Waals surface area contributed by atoms with Gasteiger partial charge in [0.05, 0.1) is 18.1 Å². The number of ketones is 1. The summed E-state index contributed by atoms with van der Waals surface area (Å²) in [6, 6.07) is 16.2. The highest BCUT2D eigenvalue weighted by Gasteiger charge is 2.26. The lowest BCUT2D eigenvalue weighted by Crippen LogP contribution is -2.14. The van der Waals surface area contributed by atoms with Gasteiger partial charge in [-0.1, -0.05) is 36.4 Å². The third-order valence-corrected chi connectivity index (χ3v) is 5.40. The number of carboxylic acid groups (broad SMARTS) is 1. The molecule has 0 saturated carbocycles. The molecule has 0 aliphatic carbocycles. The van der Waals surface area contributed by atoms with Crippen molar-refractivity contribution in [1.82, 2.24) is 4.57 Å². The molecule has 0 fully saturated rings. The van der Waals surface area contributed by atoms with Crippen LogP contribution >= 0.6 is 0 Å². The minimum Gasteiger partial charge on any atom is -0.497 e. The third kappa shape index (κ3) is 3.30. The number of carboxylic acids is 1. The van der Waals surface area contributed by atoms with Gasteiger partial charge in [-0.3, -0.25) is 9.59 Å². The van der Waals surface area contributed by atoms with Crippen LogP contribution in [0.15, 0.2) is 54.6 Å². The smallest absolute Gasteiger partial charge is 0.377 e. The van der Waals surface area contributed by atoms with Crippen molar-refractivity contribution >= 4 is 39.5 Å². The molecule has 3 N–H and O–H groups in total. The Morgan fingerprint density at radius 3 is 2.32 bits per heavy atom. The van der Waals surface area contributed by atoms with Crippen molar-refractivity contribution in [2.75, 3.05) is 7.11 Å². The number of primary amides is 1. The molecule has 1 aromatic heterocycles. The number of nitrogens with two attached hydrogens (primary N) is 1. The monoisotopic (exact) mass is 416 g/mol. The summed E-state index contributed by atoms with van der Waals surface area (Å²) in [5.74, 6) is -2.99. The van der Waals surface area contributed by atoms with Crippen LogP contribution in [0.2, 0.25) is 0 Å². The first-order valence-electron chi connectivity index (χ1n) is 9.58. The maximum atomic E-state index is 12.6. The number of benzene rings is 3. The van der Waals surface area contributed by atoms with E-state index in [0.717, 1.165) is 11.1 Å². The van der Waals surface area contributed by atoms with Crippen molar-refractivity contribution < 1.29 is 24.2 Å². The molecule has 1 amide bonds. The summed E-state index contributed by atoms with van der Waals surface area (Å²) in [6.45, 7) is 2.33. The molecule has 7 nitrogen and oxygen atoms in total. The number of rotatable bonds is 6. The van der Waals surface area contributed by atoms with Crippen LogP contribution in [0.1, 0.15) is 31.8 Å². The van der Waals surface area contributed by atoms with Gasteiger partial charge in [0.25, 0.3) is 5.78 Å². The van der Waals surface area contributed by atoms with Crippen LogP contribution in [0.25, 0.3) is 21.8 Å². The van der Waals surface area contributed by atoms with Crippen molar-refractivity contribution in [2.24, 2.45) is 5.73 Å². The summed E-state index contributed by atoms with van der Waals surface area (Å²) >= 11 is 0. The zero-order valence-corrected chi connectivity index (χ0v) is 17.0. The predicted octanol–water partition coefficient (Wildman–Crippen LogP) is 3.53. The second-order valence-electron chi connectivity index (χ2n) is 7.29. The first kappa shape index (κ1) is 20.2. The quantitative estimate of drug-likeness (QED) is 0.369. The molecule has 7 heteroatoms. The highest BCUT2D eigenvalue weighted by molar-refractivity contribution is 6.44. The number of hydrogen-bond acceptors (Lipinski definition) is 4. The van der Waals surface area contributed by atoms with Gasteiger partial charge in [-0.2, -0.15) is 0 Å². The molecule has 4 aromatic rings. The number of methoxy groups -OCH3 is 1. The zero-order chi connectivity index (χ0) is 22.3. The predicted molar refractivity (Wildman–Crippen MR) is 117 cm³/mol.